The number of alkyl halides is 1. The number of hydrogen-bond acceptors (Lipinski definition) is 2. The molecule has 0 aromatic carbocycles. The first-order valence-corrected chi connectivity index (χ1v) is 5.09. The van der Waals surface area contributed by atoms with Gasteiger partial charge in [0.15, 0.2) is 11.5 Å². The lowest BCUT2D eigenvalue weighted by Gasteiger charge is -2.23. The SMILES string of the molecule is COC1=C(OC)C(I)C(C)C=C1. The van der Waals surface area contributed by atoms with Crippen molar-refractivity contribution >= 4 is 22.6 Å². The number of rotatable bonds is 2. The lowest BCUT2D eigenvalue weighted by atomic mass is 10.0. The topological polar surface area (TPSA) is 18.5 Å². The van der Waals surface area contributed by atoms with Gasteiger partial charge in [0.2, 0.25) is 0 Å². The molecule has 0 heterocycles. The van der Waals surface area contributed by atoms with Crippen LogP contribution in [0.2, 0.25) is 0 Å². The predicted molar refractivity (Wildman–Crippen MR) is 57.2 cm³/mol. The van der Waals surface area contributed by atoms with Crippen LogP contribution in [-0.2, 0) is 9.47 Å². The van der Waals surface area contributed by atoms with Crippen molar-refractivity contribution in [3.8, 4) is 0 Å². The number of halogens is 1. The summed E-state index contributed by atoms with van der Waals surface area (Å²) in [5.41, 5.74) is 0. The molecule has 3 heteroatoms. The molecule has 0 aliphatic heterocycles. The highest BCUT2D eigenvalue weighted by atomic mass is 127. The molecular formula is C9H13IO2. The Morgan fingerprint density at radius 2 is 2.00 bits per heavy atom. The van der Waals surface area contributed by atoms with Gasteiger partial charge >= 0.3 is 0 Å². The average Bonchev–Trinajstić information content (AvgIpc) is 2.09. The Balaban J connectivity index is 2.92. The minimum Gasteiger partial charge on any atom is -0.496 e. The van der Waals surface area contributed by atoms with Crippen molar-refractivity contribution in [2.45, 2.75) is 10.8 Å². The summed E-state index contributed by atoms with van der Waals surface area (Å²) in [7, 11) is 3.35. The zero-order valence-corrected chi connectivity index (χ0v) is 9.66. The van der Waals surface area contributed by atoms with Gasteiger partial charge in [0.05, 0.1) is 18.1 Å². The quantitative estimate of drug-likeness (QED) is 0.571. The van der Waals surface area contributed by atoms with E-state index in [1.807, 2.05) is 6.08 Å². The Morgan fingerprint density at radius 3 is 2.50 bits per heavy atom. The van der Waals surface area contributed by atoms with Crippen LogP contribution in [0.5, 0.6) is 0 Å². The molecule has 12 heavy (non-hydrogen) atoms. The molecule has 2 atom stereocenters. The molecule has 2 unspecified atom stereocenters. The molecule has 0 saturated carbocycles. The second-order valence-corrected chi connectivity index (χ2v) is 4.10. The molecule has 0 spiro atoms. The maximum absolute atomic E-state index is 5.27. The molecule has 0 saturated heterocycles. The third kappa shape index (κ3) is 1.76. The first kappa shape index (κ1) is 9.89. The molecule has 0 radical (unpaired) electrons. The third-order valence-corrected chi connectivity index (χ3v) is 3.65. The monoisotopic (exact) mass is 280 g/mol. The minimum atomic E-state index is 0.382. The summed E-state index contributed by atoms with van der Waals surface area (Å²) in [6.07, 6.45) is 4.11. The first-order valence-electron chi connectivity index (χ1n) is 3.85. The van der Waals surface area contributed by atoms with Crippen LogP contribution in [0, 0.1) is 5.92 Å². The fourth-order valence-corrected chi connectivity index (χ4v) is 1.98. The third-order valence-electron chi connectivity index (χ3n) is 1.95. The highest BCUT2D eigenvalue weighted by Crippen LogP contribution is 2.30. The van der Waals surface area contributed by atoms with Crippen LogP contribution in [-0.4, -0.2) is 18.1 Å². The van der Waals surface area contributed by atoms with Crippen molar-refractivity contribution in [1.29, 1.82) is 0 Å². The molecule has 0 fully saturated rings. The zero-order chi connectivity index (χ0) is 9.14. The Hall–Kier alpha value is -0.190. The number of allylic oxidation sites excluding steroid dienone is 3. The second-order valence-electron chi connectivity index (χ2n) is 2.76. The largest absolute Gasteiger partial charge is 0.496 e. The molecule has 0 amide bonds. The summed E-state index contributed by atoms with van der Waals surface area (Å²) in [6, 6.07) is 0. The summed E-state index contributed by atoms with van der Waals surface area (Å²) < 4.78 is 10.8. The number of ether oxygens (including phenoxy) is 2. The number of methoxy groups -OCH3 is 2. The van der Waals surface area contributed by atoms with E-state index in [9.17, 15) is 0 Å². The Bertz CT molecular complexity index is 221. The Labute approximate surface area is 86.8 Å². The molecule has 1 aliphatic rings. The average molecular weight is 280 g/mol. The second kappa shape index (κ2) is 4.16. The van der Waals surface area contributed by atoms with Crippen molar-refractivity contribution in [2.75, 3.05) is 14.2 Å². The normalized spacial score (nSPS) is 29.0. The first-order chi connectivity index (χ1) is 5.70. The smallest absolute Gasteiger partial charge is 0.157 e. The van der Waals surface area contributed by atoms with Gasteiger partial charge in [0.1, 0.15) is 0 Å². The van der Waals surface area contributed by atoms with Gasteiger partial charge in [0.25, 0.3) is 0 Å². The van der Waals surface area contributed by atoms with Crippen molar-refractivity contribution in [2.24, 2.45) is 5.92 Å². The molecule has 1 rings (SSSR count). The maximum Gasteiger partial charge on any atom is 0.157 e. The van der Waals surface area contributed by atoms with E-state index in [-0.39, 0.29) is 0 Å². The molecule has 0 bridgehead atoms. The lowest BCUT2D eigenvalue weighted by Crippen LogP contribution is -2.18. The number of hydrogen-bond donors (Lipinski definition) is 0. The summed E-state index contributed by atoms with van der Waals surface area (Å²) in [6.45, 7) is 2.17. The standard InChI is InChI=1S/C9H13IO2/c1-6-4-5-7(11-2)9(12-3)8(6)10/h4-6,8H,1-3H3. The molecule has 2 nitrogen and oxygen atoms in total. The van der Waals surface area contributed by atoms with E-state index in [1.165, 1.54) is 0 Å². The van der Waals surface area contributed by atoms with Gasteiger partial charge in [-0.3, -0.25) is 0 Å². The van der Waals surface area contributed by atoms with Crippen LogP contribution >= 0.6 is 22.6 Å². The Morgan fingerprint density at radius 1 is 1.33 bits per heavy atom. The van der Waals surface area contributed by atoms with E-state index in [2.05, 4.69) is 35.6 Å². The van der Waals surface area contributed by atoms with Crippen molar-refractivity contribution in [3.05, 3.63) is 23.7 Å². The summed E-state index contributed by atoms with van der Waals surface area (Å²) >= 11 is 2.37. The fraction of sp³-hybridized carbons (Fsp3) is 0.556. The molecular weight excluding hydrogens is 267 g/mol. The molecule has 0 N–H and O–H groups in total. The van der Waals surface area contributed by atoms with Crippen molar-refractivity contribution in [3.63, 3.8) is 0 Å². The van der Waals surface area contributed by atoms with Gasteiger partial charge < -0.3 is 9.47 Å². The van der Waals surface area contributed by atoms with Gasteiger partial charge in [-0.15, -0.1) is 0 Å². The van der Waals surface area contributed by atoms with Gasteiger partial charge in [0, 0.05) is 0 Å². The summed E-state index contributed by atoms with van der Waals surface area (Å²) in [5.74, 6) is 2.29. The van der Waals surface area contributed by atoms with Crippen LogP contribution < -0.4 is 0 Å². The van der Waals surface area contributed by atoms with Crippen molar-refractivity contribution in [1.82, 2.24) is 0 Å². The van der Waals surface area contributed by atoms with E-state index in [4.69, 9.17) is 9.47 Å². The molecule has 0 aromatic rings. The van der Waals surface area contributed by atoms with E-state index in [0.717, 1.165) is 11.5 Å². The molecule has 68 valence electrons. The maximum atomic E-state index is 5.27. The van der Waals surface area contributed by atoms with Crippen LogP contribution in [0.25, 0.3) is 0 Å². The van der Waals surface area contributed by atoms with E-state index >= 15 is 0 Å². The lowest BCUT2D eigenvalue weighted by molar-refractivity contribution is 0.217. The minimum absolute atomic E-state index is 0.382. The van der Waals surface area contributed by atoms with Gasteiger partial charge in [-0.2, -0.15) is 0 Å². The van der Waals surface area contributed by atoms with Gasteiger partial charge in [-0.25, -0.2) is 0 Å². The van der Waals surface area contributed by atoms with Gasteiger partial charge in [-0.1, -0.05) is 35.6 Å². The highest BCUT2D eigenvalue weighted by Gasteiger charge is 2.24. The highest BCUT2D eigenvalue weighted by molar-refractivity contribution is 14.1. The van der Waals surface area contributed by atoms with Crippen molar-refractivity contribution < 1.29 is 9.47 Å². The fourth-order valence-electron chi connectivity index (χ4n) is 1.18. The van der Waals surface area contributed by atoms with Crippen LogP contribution in [0.3, 0.4) is 0 Å². The summed E-state index contributed by atoms with van der Waals surface area (Å²) in [5, 5.41) is 0. The van der Waals surface area contributed by atoms with Gasteiger partial charge in [-0.05, 0) is 12.0 Å². The zero-order valence-electron chi connectivity index (χ0n) is 7.50. The molecule has 1 aliphatic carbocycles. The van der Waals surface area contributed by atoms with E-state index in [1.54, 1.807) is 14.2 Å². The molecule has 0 aromatic heterocycles. The van der Waals surface area contributed by atoms with E-state index < -0.39 is 0 Å². The Kier molecular flexibility index (Phi) is 3.43. The van der Waals surface area contributed by atoms with E-state index in [0.29, 0.717) is 9.84 Å². The van der Waals surface area contributed by atoms with Crippen LogP contribution in [0.4, 0.5) is 0 Å². The summed E-state index contributed by atoms with van der Waals surface area (Å²) in [4.78, 5) is 0. The van der Waals surface area contributed by atoms with Crippen LogP contribution in [0.15, 0.2) is 23.7 Å². The van der Waals surface area contributed by atoms with Crippen LogP contribution in [0.1, 0.15) is 6.92 Å². The predicted octanol–water partition coefficient (Wildman–Crippen LogP) is 2.50.